The molecule has 1 N–H and O–H groups in total. The van der Waals surface area contributed by atoms with Gasteiger partial charge in [0.2, 0.25) is 5.88 Å². The highest BCUT2D eigenvalue weighted by atomic mass is 16.5. The Hall–Kier alpha value is -2.17. The van der Waals surface area contributed by atoms with E-state index < -0.39 is 0 Å². The topological polar surface area (TPSA) is 59.9 Å². The molecule has 16 heavy (non-hydrogen) atoms. The quantitative estimate of drug-likeness (QED) is 0.844. The first kappa shape index (κ1) is 10.4. The van der Waals surface area contributed by atoms with E-state index in [1.807, 2.05) is 6.07 Å². The summed E-state index contributed by atoms with van der Waals surface area (Å²) in [6, 6.07) is 3.69. The lowest BCUT2D eigenvalue weighted by atomic mass is 10.2. The van der Waals surface area contributed by atoms with E-state index in [0.29, 0.717) is 5.88 Å². The smallest absolute Gasteiger partial charge is 0.212 e. The van der Waals surface area contributed by atoms with Gasteiger partial charge in [-0.1, -0.05) is 0 Å². The molecule has 2 aromatic rings. The molecule has 5 heteroatoms. The lowest BCUT2D eigenvalue weighted by Gasteiger charge is -2.03. The number of nitrogens with zero attached hydrogens (tertiary/aromatic N) is 3. The van der Waals surface area contributed by atoms with Crippen LogP contribution in [0.5, 0.6) is 5.88 Å². The second kappa shape index (κ2) is 4.57. The van der Waals surface area contributed by atoms with Gasteiger partial charge in [0.25, 0.3) is 0 Å². The maximum absolute atomic E-state index is 4.98. The number of ether oxygens (including phenoxy) is 1. The number of nitrogens with one attached hydrogen (secondary N) is 1. The number of hydrogen-bond donors (Lipinski definition) is 1. The van der Waals surface area contributed by atoms with Crippen LogP contribution >= 0.6 is 0 Å². The fraction of sp³-hybridized carbons (Fsp3) is 0.182. The second-order valence-corrected chi connectivity index (χ2v) is 3.13. The largest absolute Gasteiger partial charge is 0.481 e. The van der Waals surface area contributed by atoms with Gasteiger partial charge in [-0.05, 0) is 6.07 Å². The molecule has 0 atom stereocenters. The maximum Gasteiger partial charge on any atom is 0.212 e. The van der Waals surface area contributed by atoms with E-state index in [1.54, 1.807) is 38.8 Å². The van der Waals surface area contributed by atoms with Gasteiger partial charge in [0.05, 0.1) is 25.2 Å². The van der Waals surface area contributed by atoms with Crippen LogP contribution in [0.1, 0.15) is 0 Å². The number of anilines is 1. The number of aromatic nitrogens is 3. The average molecular weight is 216 g/mol. The highest BCUT2D eigenvalue weighted by molar-refractivity contribution is 5.57. The predicted molar refractivity (Wildman–Crippen MR) is 61.4 cm³/mol. The normalized spacial score (nSPS) is 9.88. The summed E-state index contributed by atoms with van der Waals surface area (Å²) < 4.78 is 4.98. The highest BCUT2D eigenvalue weighted by Gasteiger charge is 2.01. The summed E-state index contributed by atoms with van der Waals surface area (Å²) in [5.41, 5.74) is 1.70. The van der Waals surface area contributed by atoms with Crippen LogP contribution in [-0.2, 0) is 0 Å². The summed E-state index contributed by atoms with van der Waals surface area (Å²) in [4.78, 5) is 12.6. The molecule has 0 unspecified atom stereocenters. The molecular weight excluding hydrogens is 204 g/mol. The van der Waals surface area contributed by atoms with Crippen molar-refractivity contribution >= 4 is 5.82 Å². The molecule has 0 spiro atoms. The van der Waals surface area contributed by atoms with Crippen molar-refractivity contribution in [2.75, 3.05) is 19.5 Å². The lowest BCUT2D eigenvalue weighted by molar-refractivity contribution is 0.398. The summed E-state index contributed by atoms with van der Waals surface area (Å²) in [6.07, 6.45) is 5.09. The minimum Gasteiger partial charge on any atom is -0.481 e. The summed E-state index contributed by atoms with van der Waals surface area (Å²) in [5, 5.41) is 2.91. The zero-order chi connectivity index (χ0) is 11.4. The fourth-order valence-electron chi connectivity index (χ4n) is 1.26. The number of rotatable bonds is 3. The first-order chi connectivity index (χ1) is 7.83. The third-order valence-corrected chi connectivity index (χ3v) is 2.15. The highest BCUT2D eigenvalue weighted by Crippen LogP contribution is 2.17. The molecule has 82 valence electrons. The van der Waals surface area contributed by atoms with Crippen molar-refractivity contribution in [1.29, 1.82) is 0 Å². The number of hydrogen-bond acceptors (Lipinski definition) is 5. The van der Waals surface area contributed by atoms with Gasteiger partial charge in [0.1, 0.15) is 5.82 Å². The van der Waals surface area contributed by atoms with E-state index in [4.69, 9.17) is 4.74 Å². The third kappa shape index (κ3) is 2.08. The Morgan fingerprint density at radius 2 is 1.94 bits per heavy atom. The Morgan fingerprint density at radius 1 is 1.06 bits per heavy atom. The Balaban J connectivity index is 2.28. The molecule has 0 amide bonds. The minimum atomic E-state index is 0.587. The monoisotopic (exact) mass is 216 g/mol. The summed E-state index contributed by atoms with van der Waals surface area (Å²) in [7, 11) is 3.39. The van der Waals surface area contributed by atoms with Crippen LogP contribution in [-0.4, -0.2) is 29.1 Å². The molecule has 0 aliphatic heterocycles. The molecular formula is C11H12N4O. The van der Waals surface area contributed by atoms with Crippen molar-refractivity contribution < 1.29 is 4.74 Å². The Bertz CT molecular complexity index is 407. The van der Waals surface area contributed by atoms with Crippen molar-refractivity contribution in [2.24, 2.45) is 0 Å². The van der Waals surface area contributed by atoms with Gasteiger partial charge in [-0.25, -0.2) is 9.97 Å². The fourth-order valence-corrected chi connectivity index (χ4v) is 1.26. The zero-order valence-corrected chi connectivity index (χ0v) is 9.14. The molecule has 2 heterocycles. The molecule has 2 rings (SSSR count). The van der Waals surface area contributed by atoms with Crippen LogP contribution in [0.15, 0.2) is 30.7 Å². The third-order valence-electron chi connectivity index (χ3n) is 2.15. The first-order valence-corrected chi connectivity index (χ1v) is 4.83. The minimum absolute atomic E-state index is 0.587. The molecule has 0 aliphatic rings. The van der Waals surface area contributed by atoms with Crippen LogP contribution < -0.4 is 10.1 Å². The molecule has 5 nitrogen and oxygen atoms in total. The van der Waals surface area contributed by atoms with Crippen LogP contribution in [0.2, 0.25) is 0 Å². The number of methoxy groups -OCH3 is 1. The van der Waals surface area contributed by atoms with Gasteiger partial charge in [0, 0.05) is 24.9 Å². The SMILES string of the molecule is CNc1cnc(-c2ccc(OC)nc2)cn1. The standard InChI is InChI=1S/C11H12N4O/c1-12-10-7-13-9(6-14-10)8-3-4-11(16-2)15-5-8/h3-7H,1-2H3,(H,12,14). The van der Waals surface area contributed by atoms with Gasteiger partial charge in [-0.3, -0.25) is 4.98 Å². The van der Waals surface area contributed by atoms with Crippen molar-refractivity contribution in [2.45, 2.75) is 0 Å². The predicted octanol–water partition coefficient (Wildman–Crippen LogP) is 1.59. The average Bonchev–Trinajstić information content (AvgIpc) is 2.39. The molecule has 0 bridgehead atoms. The molecule has 0 aliphatic carbocycles. The van der Waals surface area contributed by atoms with Gasteiger partial charge in [-0.15, -0.1) is 0 Å². The lowest BCUT2D eigenvalue weighted by Crippen LogP contribution is -1.94. The van der Waals surface area contributed by atoms with Crippen molar-refractivity contribution in [3.63, 3.8) is 0 Å². The maximum atomic E-state index is 4.98. The molecule has 0 fully saturated rings. The number of pyridine rings is 1. The van der Waals surface area contributed by atoms with Crippen molar-refractivity contribution in [1.82, 2.24) is 15.0 Å². The Labute approximate surface area is 93.5 Å². The first-order valence-electron chi connectivity index (χ1n) is 4.83. The summed E-state index contributed by atoms with van der Waals surface area (Å²) in [6.45, 7) is 0. The Kier molecular flexibility index (Phi) is 2.95. The van der Waals surface area contributed by atoms with Gasteiger partial charge in [0.15, 0.2) is 0 Å². The van der Waals surface area contributed by atoms with Crippen LogP contribution in [0, 0.1) is 0 Å². The van der Waals surface area contributed by atoms with E-state index in [-0.39, 0.29) is 0 Å². The molecule has 0 aromatic carbocycles. The van der Waals surface area contributed by atoms with E-state index in [9.17, 15) is 0 Å². The van der Waals surface area contributed by atoms with Crippen LogP contribution in [0.3, 0.4) is 0 Å². The van der Waals surface area contributed by atoms with E-state index >= 15 is 0 Å². The second-order valence-electron chi connectivity index (χ2n) is 3.13. The van der Waals surface area contributed by atoms with E-state index in [2.05, 4.69) is 20.3 Å². The van der Waals surface area contributed by atoms with Crippen molar-refractivity contribution in [3.8, 4) is 17.1 Å². The molecule has 2 aromatic heterocycles. The summed E-state index contributed by atoms with van der Waals surface area (Å²) >= 11 is 0. The zero-order valence-electron chi connectivity index (χ0n) is 9.14. The van der Waals surface area contributed by atoms with Crippen LogP contribution in [0.4, 0.5) is 5.82 Å². The van der Waals surface area contributed by atoms with E-state index in [1.165, 1.54) is 0 Å². The Morgan fingerprint density at radius 3 is 2.44 bits per heavy atom. The molecule has 0 radical (unpaired) electrons. The van der Waals surface area contributed by atoms with Gasteiger partial charge < -0.3 is 10.1 Å². The van der Waals surface area contributed by atoms with Crippen LogP contribution in [0.25, 0.3) is 11.3 Å². The molecule has 0 saturated carbocycles. The van der Waals surface area contributed by atoms with E-state index in [0.717, 1.165) is 17.1 Å². The van der Waals surface area contributed by atoms with Gasteiger partial charge in [-0.2, -0.15) is 0 Å². The molecule has 0 saturated heterocycles. The van der Waals surface area contributed by atoms with Gasteiger partial charge >= 0.3 is 0 Å². The summed E-state index contributed by atoms with van der Waals surface area (Å²) in [5.74, 6) is 1.33. The van der Waals surface area contributed by atoms with Crippen molar-refractivity contribution in [3.05, 3.63) is 30.7 Å².